The van der Waals surface area contributed by atoms with Gasteiger partial charge in [-0.1, -0.05) is 11.3 Å². The number of aliphatic hydroxyl groups is 1. The molecule has 2 N–H and O–H groups in total. The zero-order valence-electron chi connectivity index (χ0n) is 14.5. The number of ether oxygens (including phenoxy) is 4. The molecule has 1 saturated heterocycles. The van der Waals surface area contributed by atoms with Gasteiger partial charge in [0.25, 0.3) is 0 Å². The molecular weight excluding hydrogens is 340 g/mol. The lowest BCUT2D eigenvalue weighted by Crippen LogP contribution is -2.45. The Bertz CT molecular complexity index is 753. The van der Waals surface area contributed by atoms with Crippen LogP contribution in [0.1, 0.15) is 11.3 Å². The molecule has 1 fully saturated rings. The van der Waals surface area contributed by atoms with E-state index in [0.717, 1.165) is 22.8 Å². The van der Waals surface area contributed by atoms with Gasteiger partial charge in [-0.3, -0.25) is 0 Å². The van der Waals surface area contributed by atoms with Gasteiger partial charge < -0.3 is 29.4 Å². The molecule has 26 heavy (non-hydrogen) atoms. The topological polar surface area (TPSA) is 99.9 Å². The van der Waals surface area contributed by atoms with Crippen molar-refractivity contribution in [1.82, 2.24) is 20.3 Å². The van der Waals surface area contributed by atoms with Crippen LogP contribution in [-0.2, 0) is 29.2 Å². The molecule has 0 bridgehead atoms. The zero-order chi connectivity index (χ0) is 17.9. The number of methoxy groups -OCH3 is 1. The number of hydrogen-bond acceptors (Lipinski definition) is 8. The molecule has 2 aromatic rings. The Labute approximate surface area is 150 Å². The van der Waals surface area contributed by atoms with Crippen molar-refractivity contribution in [2.45, 2.75) is 37.9 Å². The van der Waals surface area contributed by atoms with Crippen LogP contribution in [0.25, 0.3) is 0 Å². The Hall–Kier alpha value is -2.20. The highest BCUT2D eigenvalue weighted by Gasteiger charge is 2.36. The first-order chi connectivity index (χ1) is 12.7. The minimum atomic E-state index is -0.573. The lowest BCUT2D eigenvalue weighted by atomic mass is 10.1. The highest BCUT2D eigenvalue weighted by atomic mass is 16.7. The number of benzene rings is 1. The van der Waals surface area contributed by atoms with Gasteiger partial charge in [-0.15, -0.1) is 5.10 Å². The van der Waals surface area contributed by atoms with Gasteiger partial charge in [0.1, 0.15) is 5.69 Å². The van der Waals surface area contributed by atoms with E-state index >= 15 is 0 Å². The summed E-state index contributed by atoms with van der Waals surface area (Å²) in [7, 11) is 1.62. The largest absolute Gasteiger partial charge is 0.454 e. The number of hydrogen-bond donors (Lipinski definition) is 2. The SMILES string of the molecule is COCc1cn(C[C@H]2OC[C@H](O)[C@H]2NCc2ccc3c(c2)OCO3)nn1. The van der Waals surface area contributed by atoms with Crippen molar-refractivity contribution in [2.75, 3.05) is 20.5 Å². The quantitative estimate of drug-likeness (QED) is 0.714. The Morgan fingerprint density at radius 2 is 2.23 bits per heavy atom. The number of fused-ring (bicyclic) bond motifs is 1. The maximum absolute atomic E-state index is 10.3. The lowest BCUT2D eigenvalue weighted by molar-refractivity contribution is 0.0741. The predicted molar refractivity (Wildman–Crippen MR) is 89.7 cm³/mol. The van der Waals surface area contributed by atoms with Gasteiger partial charge in [-0.25, -0.2) is 4.68 Å². The third-order valence-electron chi connectivity index (χ3n) is 4.52. The smallest absolute Gasteiger partial charge is 0.231 e. The molecule has 1 aromatic heterocycles. The molecule has 0 radical (unpaired) electrons. The first-order valence-corrected chi connectivity index (χ1v) is 8.52. The van der Waals surface area contributed by atoms with E-state index in [4.69, 9.17) is 18.9 Å². The van der Waals surface area contributed by atoms with Crippen molar-refractivity contribution in [3.63, 3.8) is 0 Å². The summed E-state index contributed by atoms with van der Waals surface area (Å²) in [5.41, 5.74) is 1.81. The molecular formula is C17H22N4O5. The van der Waals surface area contributed by atoms with Crippen molar-refractivity contribution in [1.29, 1.82) is 0 Å². The summed E-state index contributed by atoms with van der Waals surface area (Å²) in [4.78, 5) is 0. The van der Waals surface area contributed by atoms with Gasteiger partial charge in [0.05, 0.1) is 44.2 Å². The molecule has 0 aliphatic carbocycles. The van der Waals surface area contributed by atoms with E-state index in [-0.39, 0.29) is 18.9 Å². The molecule has 4 rings (SSSR count). The van der Waals surface area contributed by atoms with E-state index in [9.17, 15) is 5.11 Å². The third-order valence-corrected chi connectivity index (χ3v) is 4.52. The number of nitrogens with zero attached hydrogens (tertiary/aromatic N) is 3. The van der Waals surface area contributed by atoms with E-state index in [1.165, 1.54) is 0 Å². The summed E-state index contributed by atoms with van der Waals surface area (Å²) in [6.07, 6.45) is 1.05. The fourth-order valence-corrected chi connectivity index (χ4v) is 3.22. The number of rotatable bonds is 7. The third kappa shape index (κ3) is 3.65. The molecule has 3 heterocycles. The minimum absolute atomic E-state index is 0.198. The van der Waals surface area contributed by atoms with Crippen LogP contribution in [0.5, 0.6) is 11.5 Å². The summed E-state index contributed by atoms with van der Waals surface area (Å²) >= 11 is 0. The van der Waals surface area contributed by atoms with Crippen LogP contribution in [0.3, 0.4) is 0 Å². The first kappa shape index (κ1) is 17.2. The fourth-order valence-electron chi connectivity index (χ4n) is 3.22. The Morgan fingerprint density at radius 3 is 3.12 bits per heavy atom. The maximum Gasteiger partial charge on any atom is 0.231 e. The van der Waals surface area contributed by atoms with Crippen LogP contribution in [-0.4, -0.2) is 58.9 Å². The first-order valence-electron chi connectivity index (χ1n) is 8.52. The van der Waals surface area contributed by atoms with Crippen molar-refractivity contribution in [2.24, 2.45) is 0 Å². The van der Waals surface area contributed by atoms with E-state index in [1.807, 2.05) is 24.4 Å². The molecule has 3 atom stereocenters. The van der Waals surface area contributed by atoms with E-state index in [0.29, 0.717) is 26.3 Å². The van der Waals surface area contributed by atoms with Crippen LogP contribution in [0.4, 0.5) is 0 Å². The van der Waals surface area contributed by atoms with Crippen LogP contribution in [0, 0.1) is 0 Å². The van der Waals surface area contributed by atoms with E-state index in [2.05, 4.69) is 15.6 Å². The van der Waals surface area contributed by atoms with Crippen LogP contribution in [0.15, 0.2) is 24.4 Å². The standard InChI is InChI=1S/C17H22N4O5/c1-23-8-12-6-21(20-19-12)7-16-17(13(22)9-24-16)18-5-11-2-3-14-15(4-11)26-10-25-14/h2-4,6,13,16-18,22H,5,7-10H2,1H3/t13-,16+,17+/m0/s1. The van der Waals surface area contributed by atoms with Gasteiger partial charge in [-0.05, 0) is 17.7 Å². The molecule has 0 spiro atoms. The molecule has 0 amide bonds. The van der Waals surface area contributed by atoms with Crippen LogP contribution >= 0.6 is 0 Å². The van der Waals surface area contributed by atoms with Gasteiger partial charge in [0.15, 0.2) is 11.5 Å². The van der Waals surface area contributed by atoms with Crippen molar-refractivity contribution < 1.29 is 24.1 Å². The summed E-state index contributed by atoms with van der Waals surface area (Å²) < 4.78 is 23.2. The number of nitrogens with one attached hydrogen (secondary N) is 1. The fraction of sp³-hybridized carbons (Fsp3) is 0.529. The van der Waals surface area contributed by atoms with Crippen LogP contribution < -0.4 is 14.8 Å². The molecule has 9 nitrogen and oxygen atoms in total. The average molecular weight is 362 g/mol. The van der Waals surface area contributed by atoms with E-state index < -0.39 is 6.10 Å². The monoisotopic (exact) mass is 362 g/mol. The van der Waals surface area contributed by atoms with Crippen molar-refractivity contribution in [3.05, 3.63) is 35.7 Å². The lowest BCUT2D eigenvalue weighted by Gasteiger charge is -2.21. The van der Waals surface area contributed by atoms with Crippen molar-refractivity contribution >= 4 is 0 Å². The number of aromatic nitrogens is 3. The summed E-state index contributed by atoms with van der Waals surface area (Å²) in [5.74, 6) is 1.51. The Kier molecular flexibility index (Phi) is 5.02. The van der Waals surface area contributed by atoms with Gasteiger partial charge in [-0.2, -0.15) is 0 Å². The van der Waals surface area contributed by atoms with Crippen molar-refractivity contribution in [3.8, 4) is 11.5 Å². The molecule has 9 heteroatoms. The molecule has 0 saturated carbocycles. The second-order valence-electron chi connectivity index (χ2n) is 6.40. The van der Waals surface area contributed by atoms with Gasteiger partial charge in [0, 0.05) is 13.7 Å². The second kappa shape index (κ2) is 7.58. The normalized spacial score (nSPS) is 24.3. The molecule has 0 unspecified atom stereocenters. The summed E-state index contributed by atoms with van der Waals surface area (Å²) in [5, 5.41) is 21.8. The highest BCUT2D eigenvalue weighted by molar-refractivity contribution is 5.44. The maximum atomic E-state index is 10.3. The summed E-state index contributed by atoms with van der Waals surface area (Å²) in [6, 6.07) is 5.62. The predicted octanol–water partition coefficient (Wildman–Crippen LogP) is 0.0713. The molecule has 2 aliphatic heterocycles. The number of aliphatic hydroxyl groups excluding tert-OH is 1. The zero-order valence-corrected chi connectivity index (χ0v) is 14.5. The minimum Gasteiger partial charge on any atom is -0.454 e. The molecule has 1 aromatic carbocycles. The molecule has 2 aliphatic rings. The summed E-state index contributed by atoms with van der Waals surface area (Å²) in [6.45, 7) is 2.06. The Balaban J connectivity index is 1.37. The average Bonchev–Trinajstić information content (AvgIpc) is 3.35. The van der Waals surface area contributed by atoms with Crippen LogP contribution in [0.2, 0.25) is 0 Å². The second-order valence-corrected chi connectivity index (χ2v) is 6.40. The molecule has 140 valence electrons. The van der Waals surface area contributed by atoms with E-state index in [1.54, 1.807) is 11.8 Å². The Morgan fingerprint density at radius 1 is 1.35 bits per heavy atom. The highest BCUT2D eigenvalue weighted by Crippen LogP contribution is 2.32. The van der Waals surface area contributed by atoms with Gasteiger partial charge >= 0.3 is 0 Å². The van der Waals surface area contributed by atoms with Gasteiger partial charge in [0.2, 0.25) is 6.79 Å².